The van der Waals surface area contributed by atoms with Crippen LogP contribution >= 0.6 is 0 Å². The predicted molar refractivity (Wildman–Crippen MR) is 201 cm³/mol. The maximum atomic E-state index is 14.7. The lowest BCUT2D eigenvalue weighted by Crippen LogP contribution is -2.40. The second-order valence-electron chi connectivity index (χ2n) is 14.7. The Morgan fingerprint density at radius 3 is 2.40 bits per heavy atom. The van der Waals surface area contributed by atoms with Gasteiger partial charge in [-0.1, -0.05) is 0 Å². The topological polar surface area (TPSA) is 170 Å². The monoisotopic (exact) mass is 786 g/mol. The number of piperidine rings is 1. The summed E-state index contributed by atoms with van der Waals surface area (Å²) >= 11 is 0. The van der Waals surface area contributed by atoms with E-state index in [1.807, 2.05) is 25.1 Å². The van der Waals surface area contributed by atoms with Crippen LogP contribution < -0.4 is 26.2 Å². The lowest BCUT2D eigenvalue weighted by Gasteiger charge is -2.31. The lowest BCUT2D eigenvalue weighted by molar-refractivity contribution is -0.138. The fourth-order valence-corrected chi connectivity index (χ4v) is 7.39. The molecule has 0 aliphatic carbocycles. The van der Waals surface area contributed by atoms with Crippen LogP contribution in [0.25, 0.3) is 11.4 Å². The van der Waals surface area contributed by atoms with E-state index in [1.54, 1.807) is 12.4 Å². The Kier molecular flexibility index (Phi) is 10.2. The van der Waals surface area contributed by atoms with Crippen LogP contribution in [0.1, 0.15) is 59.7 Å². The maximum Gasteiger partial charge on any atom is 0.416 e. The highest BCUT2D eigenvalue weighted by atomic mass is 19.4. The van der Waals surface area contributed by atoms with Crippen molar-refractivity contribution < 1.29 is 22.0 Å². The van der Waals surface area contributed by atoms with Crippen LogP contribution in [0.5, 0.6) is 0 Å². The Hall–Kier alpha value is -5.87. The molecule has 3 aliphatic heterocycles. The molecule has 0 spiro atoms. The molecule has 57 heavy (non-hydrogen) atoms. The van der Waals surface area contributed by atoms with Gasteiger partial charge in [-0.2, -0.15) is 28.5 Å². The average molecular weight is 787 g/mol. The Labute approximate surface area is 324 Å². The second kappa shape index (κ2) is 15.2. The van der Waals surface area contributed by atoms with Crippen molar-refractivity contribution in [1.29, 1.82) is 5.26 Å². The van der Waals surface area contributed by atoms with Crippen LogP contribution in [0, 0.1) is 18.3 Å². The number of hydrogen-bond acceptors (Lipinski definition) is 13. The molecule has 0 radical (unpaired) electrons. The largest absolute Gasteiger partial charge is 0.416 e. The molecule has 0 amide bonds. The van der Waals surface area contributed by atoms with E-state index in [1.165, 1.54) is 21.8 Å². The van der Waals surface area contributed by atoms with Crippen molar-refractivity contribution in [1.82, 2.24) is 50.3 Å². The van der Waals surface area contributed by atoms with Gasteiger partial charge in [0, 0.05) is 61.7 Å². The molecule has 296 valence electrons. The zero-order valence-electron chi connectivity index (χ0n) is 30.9. The first kappa shape index (κ1) is 38.0. The Balaban J connectivity index is 1.07. The van der Waals surface area contributed by atoms with E-state index >= 15 is 0 Å². The molecule has 3 fully saturated rings. The molecule has 14 nitrogen and oxygen atoms in total. The van der Waals surface area contributed by atoms with Gasteiger partial charge in [0.1, 0.15) is 28.7 Å². The molecular formula is C38H39F5N14. The van der Waals surface area contributed by atoms with E-state index in [9.17, 15) is 27.2 Å². The van der Waals surface area contributed by atoms with E-state index < -0.39 is 36.0 Å². The van der Waals surface area contributed by atoms with Crippen molar-refractivity contribution in [2.75, 3.05) is 54.8 Å². The van der Waals surface area contributed by atoms with Gasteiger partial charge in [0.15, 0.2) is 5.82 Å². The Morgan fingerprint density at radius 2 is 1.70 bits per heavy atom. The summed E-state index contributed by atoms with van der Waals surface area (Å²) in [5.41, 5.74) is 0.517. The quantitative estimate of drug-likeness (QED) is 0.125. The highest BCUT2D eigenvalue weighted by Crippen LogP contribution is 2.38. The molecule has 1 atom stereocenters. The van der Waals surface area contributed by atoms with Crippen molar-refractivity contribution in [3.05, 3.63) is 83.2 Å². The van der Waals surface area contributed by atoms with E-state index in [-0.39, 0.29) is 42.2 Å². The number of aryl methyl sites for hydroxylation is 1. The van der Waals surface area contributed by atoms with Gasteiger partial charge < -0.3 is 26.2 Å². The van der Waals surface area contributed by atoms with Gasteiger partial charge in [0.2, 0.25) is 5.95 Å². The summed E-state index contributed by atoms with van der Waals surface area (Å²) in [6.07, 6.45) is 2.45. The maximum absolute atomic E-state index is 14.7. The number of hydrogen-bond donors (Lipinski definition) is 4. The van der Waals surface area contributed by atoms with Gasteiger partial charge in [0.25, 0.3) is 5.92 Å². The zero-order valence-corrected chi connectivity index (χ0v) is 30.9. The predicted octanol–water partition coefficient (Wildman–Crippen LogP) is 5.85. The first-order chi connectivity index (χ1) is 27.3. The lowest BCUT2D eigenvalue weighted by atomic mass is 9.77. The Bertz CT molecular complexity index is 2290. The van der Waals surface area contributed by atoms with E-state index in [4.69, 9.17) is 9.97 Å². The summed E-state index contributed by atoms with van der Waals surface area (Å²) in [6, 6.07) is 10.4. The van der Waals surface area contributed by atoms with Crippen LogP contribution in [-0.2, 0) is 18.1 Å². The van der Waals surface area contributed by atoms with Gasteiger partial charge in [-0.15, -0.1) is 0 Å². The number of alkyl halides is 5. The van der Waals surface area contributed by atoms with Crippen LogP contribution in [0.15, 0.2) is 55.1 Å². The molecule has 0 aromatic carbocycles. The molecule has 0 bridgehead atoms. The number of pyridine rings is 2. The first-order valence-electron chi connectivity index (χ1n) is 18.6. The number of aromatic nitrogens is 8. The summed E-state index contributed by atoms with van der Waals surface area (Å²) in [4.78, 5) is 28.5. The molecule has 1 unspecified atom stereocenters. The molecule has 3 aliphatic rings. The molecule has 0 saturated carbocycles. The second-order valence-corrected chi connectivity index (χ2v) is 14.7. The van der Waals surface area contributed by atoms with E-state index in [0.717, 1.165) is 43.0 Å². The van der Waals surface area contributed by atoms with Crippen LogP contribution in [0.3, 0.4) is 0 Å². The summed E-state index contributed by atoms with van der Waals surface area (Å²) in [5, 5.41) is 27.2. The average Bonchev–Trinajstić information content (AvgIpc) is 3.97. The highest BCUT2D eigenvalue weighted by molar-refractivity contribution is 5.60. The summed E-state index contributed by atoms with van der Waals surface area (Å²) in [5.74, 6) is -1.48. The fourth-order valence-electron chi connectivity index (χ4n) is 7.39. The molecule has 19 heteroatoms. The molecule has 5 aromatic heterocycles. The standard InChI is InChI=1S/C38H39F5N14/c1-23-2-8-47-30(12-23)52-32-14-28(24-3-7-46-16-24)50-34(54-32)26-18-49-57(20-26)19-25-17-48-31(13-27(25)38(41,42)43)53-33-15-29(36(21-44)4-9-45-10-5-36)51-35(55-33)56-11-6-37(39,40)22-56/h2,8,12-15,17-18,20,24,45-46H,3-7,9-11,16,19,22H2,1H3,(H,47,50,52,54)(H,48,51,53,55). The molecule has 5 aromatic rings. The molecule has 8 heterocycles. The smallest absolute Gasteiger partial charge is 0.334 e. The number of rotatable bonds is 10. The summed E-state index contributed by atoms with van der Waals surface area (Å²) in [7, 11) is 0. The van der Waals surface area contributed by atoms with Crippen molar-refractivity contribution >= 4 is 29.2 Å². The number of nitrogens with one attached hydrogen (secondary N) is 4. The van der Waals surface area contributed by atoms with Gasteiger partial charge in [0.05, 0.1) is 47.9 Å². The third kappa shape index (κ3) is 8.46. The summed E-state index contributed by atoms with van der Waals surface area (Å²) < 4.78 is 73.8. The molecule has 4 N–H and O–H groups in total. The minimum atomic E-state index is -4.77. The molecule has 8 rings (SSSR count). The van der Waals surface area contributed by atoms with Gasteiger partial charge in [-0.3, -0.25) is 4.68 Å². The van der Waals surface area contributed by atoms with Crippen molar-refractivity contribution in [3.63, 3.8) is 0 Å². The van der Waals surface area contributed by atoms with Crippen molar-refractivity contribution in [2.24, 2.45) is 0 Å². The molecular weight excluding hydrogens is 748 g/mol. The Morgan fingerprint density at radius 1 is 0.912 bits per heavy atom. The summed E-state index contributed by atoms with van der Waals surface area (Å²) in [6.45, 7) is 3.74. The number of nitrogens with zero attached hydrogens (tertiary/aromatic N) is 10. The third-order valence-corrected chi connectivity index (χ3v) is 10.5. The zero-order chi connectivity index (χ0) is 39.8. The number of halogens is 5. The third-order valence-electron chi connectivity index (χ3n) is 10.5. The molecule has 3 saturated heterocycles. The van der Waals surface area contributed by atoms with Gasteiger partial charge in [-0.05, 0) is 69.6 Å². The van der Waals surface area contributed by atoms with E-state index in [2.05, 4.69) is 52.4 Å². The SMILES string of the molecule is Cc1ccnc(Nc2cc(C3CCNC3)nc(-c3cnn(Cc4cnc(Nc5cc(C6(C#N)CCNCC6)nc(N6CCC(F)(F)C6)n5)cc4C(F)(F)F)c3)n2)c1. The van der Waals surface area contributed by atoms with Gasteiger partial charge >= 0.3 is 6.18 Å². The van der Waals surface area contributed by atoms with E-state index in [0.29, 0.717) is 54.6 Å². The van der Waals surface area contributed by atoms with Gasteiger partial charge in [-0.25, -0.2) is 33.7 Å². The van der Waals surface area contributed by atoms with Crippen LogP contribution in [0.4, 0.5) is 51.2 Å². The number of anilines is 5. The minimum Gasteiger partial charge on any atom is -0.334 e. The van der Waals surface area contributed by atoms with Crippen molar-refractivity contribution in [2.45, 2.75) is 62.6 Å². The number of nitriles is 1. The van der Waals surface area contributed by atoms with Crippen molar-refractivity contribution in [3.8, 4) is 17.5 Å². The van der Waals surface area contributed by atoms with Crippen LogP contribution in [-0.4, -0.2) is 84.9 Å². The van der Waals surface area contributed by atoms with Crippen LogP contribution in [0.2, 0.25) is 0 Å². The minimum absolute atomic E-state index is 0.0180. The highest BCUT2D eigenvalue weighted by Gasteiger charge is 2.41. The normalized spacial score (nSPS) is 19.0. The fraction of sp³-hybridized carbons (Fsp3) is 0.421. The first-order valence-corrected chi connectivity index (χ1v) is 18.6.